The van der Waals surface area contributed by atoms with Gasteiger partial charge in [0.1, 0.15) is 29.8 Å². The second-order valence-electron chi connectivity index (χ2n) is 6.64. The number of anilines is 1. The molecule has 3 N–H and O–H groups in total. The Balaban J connectivity index is 1.83. The Morgan fingerprint density at radius 3 is 2.29 bits per heavy atom. The van der Waals surface area contributed by atoms with Gasteiger partial charge < -0.3 is 25.3 Å². The fourth-order valence-corrected chi connectivity index (χ4v) is 3.41. The molecule has 160 valence electrons. The lowest BCUT2D eigenvalue weighted by Gasteiger charge is -2.25. The van der Waals surface area contributed by atoms with Crippen molar-refractivity contribution in [3.8, 4) is 22.9 Å². The molecule has 1 amide bonds. The summed E-state index contributed by atoms with van der Waals surface area (Å²) >= 11 is 0. The lowest BCUT2D eigenvalue weighted by atomic mass is 10.1. The first-order valence-corrected chi connectivity index (χ1v) is 9.24. The number of rotatable bonds is 6. The van der Waals surface area contributed by atoms with E-state index in [1.807, 2.05) is 0 Å². The fraction of sp³-hybridized carbons (Fsp3) is 0.190. The Morgan fingerprint density at radius 2 is 1.74 bits per heavy atom. The van der Waals surface area contributed by atoms with E-state index in [4.69, 9.17) is 19.9 Å². The number of primary amides is 1. The summed E-state index contributed by atoms with van der Waals surface area (Å²) in [6, 6.07) is 9.33. The highest BCUT2D eigenvalue weighted by Crippen LogP contribution is 2.41. The number of fused-ring (bicyclic) bond motifs is 1. The van der Waals surface area contributed by atoms with Gasteiger partial charge in [-0.1, -0.05) is 0 Å². The highest BCUT2D eigenvalue weighted by atomic mass is 19.1. The molecule has 0 aliphatic carbocycles. The van der Waals surface area contributed by atoms with Gasteiger partial charge in [-0.15, -0.1) is 0 Å². The Hall–Kier alpha value is -4.08. The molecule has 0 fully saturated rings. The number of aromatic nitrogens is 2. The summed E-state index contributed by atoms with van der Waals surface area (Å²) < 4.78 is 31.3. The van der Waals surface area contributed by atoms with Crippen LogP contribution in [0.1, 0.15) is 17.4 Å². The number of hydrogen-bond donors (Lipinski definition) is 2. The Kier molecular flexibility index (Phi) is 5.20. The van der Waals surface area contributed by atoms with E-state index in [1.165, 1.54) is 39.8 Å². The van der Waals surface area contributed by atoms with Crippen molar-refractivity contribution in [1.29, 1.82) is 0 Å². The van der Waals surface area contributed by atoms with E-state index in [9.17, 15) is 9.18 Å². The van der Waals surface area contributed by atoms with Crippen molar-refractivity contribution in [2.75, 3.05) is 26.6 Å². The van der Waals surface area contributed by atoms with Crippen LogP contribution < -0.4 is 25.3 Å². The molecule has 1 unspecified atom stereocenters. The molecule has 4 rings (SSSR count). The molecule has 9 nitrogen and oxygen atoms in total. The van der Waals surface area contributed by atoms with Gasteiger partial charge in [-0.05, 0) is 36.4 Å². The smallest absolute Gasteiger partial charge is 0.269 e. The van der Waals surface area contributed by atoms with Crippen LogP contribution in [0.5, 0.6) is 17.2 Å². The molecule has 0 saturated heterocycles. The van der Waals surface area contributed by atoms with E-state index in [0.717, 1.165) is 0 Å². The van der Waals surface area contributed by atoms with Crippen LogP contribution in [0.15, 0.2) is 47.7 Å². The fourth-order valence-electron chi connectivity index (χ4n) is 3.41. The number of carbonyl (C=O) groups excluding carboxylic acids is 1. The zero-order valence-corrected chi connectivity index (χ0v) is 17.0. The van der Waals surface area contributed by atoms with Crippen LogP contribution in [-0.2, 0) is 4.79 Å². The number of nitrogens with zero attached hydrogens (tertiary/aromatic N) is 3. The minimum Gasteiger partial charge on any atom is -0.493 e. The summed E-state index contributed by atoms with van der Waals surface area (Å²) in [4.78, 5) is 20.9. The van der Waals surface area contributed by atoms with Crippen molar-refractivity contribution >= 4 is 17.4 Å². The first-order valence-electron chi connectivity index (χ1n) is 9.24. The van der Waals surface area contributed by atoms with Gasteiger partial charge in [-0.2, -0.15) is 0 Å². The molecule has 10 heteroatoms. The van der Waals surface area contributed by atoms with Crippen LogP contribution in [0.4, 0.5) is 10.2 Å². The average Bonchev–Trinajstić information content (AvgIpc) is 3.21. The van der Waals surface area contributed by atoms with Crippen LogP contribution >= 0.6 is 0 Å². The van der Waals surface area contributed by atoms with Crippen molar-refractivity contribution < 1.29 is 23.4 Å². The topological polar surface area (TPSA) is 113 Å². The van der Waals surface area contributed by atoms with Gasteiger partial charge in [-0.3, -0.25) is 9.36 Å². The minimum atomic E-state index is -0.718. The van der Waals surface area contributed by atoms with Gasteiger partial charge in [0.2, 0.25) is 5.75 Å². The Bertz CT molecular complexity index is 1150. The number of aliphatic imine (C=N–C) groups is 1. The van der Waals surface area contributed by atoms with E-state index < -0.39 is 12.1 Å². The number of nitrogens with two attached hydrogens (primary N) is 1. The van der Waals surface area contributed by atoms with E-state index in [-0.39, 0.29) is 11.5 Å². The predicted molar refractivity (Wildman–Crippen MR) is 112 cm³/mol. The summed E-state index contributed by atoms with van der Waals surface area (Å²) in [5.41, 5.74) is 7.20. The van der Waals surface area contributed by atoms with Gasteiger partial charge >= 0.3 is 0 Å². The third kappa shape index (κ3) is 3.52. The normalized spacial score (nSPS) is 14.8. The number of ether oxygens (including phenoxy) is 3. The Labute approximate surface area is 177 Å². The lowest BCUT2D eigenvalue weighted by Crippen LogP contribution is -2.31. The number of nitrogens with one attached hydrogen (secondary N) is 1. The third-order valence-electron chi connectivity index (χ3n) is 4.86. The molecule has 2 aromatic carbocycles. The van der Waals surface area contributed by atoms with Gasteiger partial charge in [0.15, 0.2) is 17.2 Å². The lowest BCUT2D eigenvalue weighted by molar-refractivity contribution is -0.112. The maximum atomic E-state index is 13.4. The number of carbonyl (C=O) groups is 1. The summed E-state index contributed by atoms with van der Waals surface area (Å²) in [7, 11) is 4.53. The van der Waals surface area contributed by atoms with E-state index >= 15 is 0 Å². The maximum absolute atomic E-state index is 13.4. The quantitative estimate of drug-likeness (QED) is 0.627. The number of hydrogen-bond acceptors (Lipinski definition) is 7. The van der Waals surface area contributed by atoms with E-state index in [0.29, 0.717) is 40.0 Å². The summed E-state index contributed by atoms with van der Waals surface area (Å²) in [6.07, 6.45) is 0.820. The largest absolute Gasteiger partial charge is 0.493 e. The number of benzene rings is 2. The molecule has 3 aromatic rings. The molecule has 1 atom stereocenters. The molecule has 1 aromatic heterocycles. The minimum absolute atomic E-state index is 0.0216. The Morgan fingerprint density at radius 1 is 1.10 bits per heavy atom. The van der Waals surface area contributed by atoms with Crippen molar-refractivity contribution in [3.05, 3.63) is 59.8 Å². The second-order valence-corrected chi connectivity index (χ2v) is 6.64. The number of imidazole rings is 1. The van der Waals surface area contributed by atoms with Crippen molar-refractivity contribution in [3.63, 3.8) is 0 Å². The molecule has 2 heterocycles. The first kappa shape index (κ1) is 20.2. The summed E-state index contributed by atoms with van der Waals surface area (Å²) in [6.45, 7) is 0. The number of amides is 1. The molecule has 0 saturated carbocycles. The SMILES string of the molecule is COc1cc(C2N=C(C(N)=O)c3ncn(-c4ccc(F)cc4)c3N2)cc(OC)c1OC. The van der Waals surface area contributed by atoms with Gasteiger partial charge in [0.05, 0.1) is 21.3 Å². The second kappa shape index (κ2) is 7.98. The molecular formula is C21H20FN5O4. The zero-order valence-electron chi connectivity index (χ0n) is 17.0. The van der Waals surface area contributed by atoms with Gasteiger partial charge in [-0.25, -0.2) is 14.4 Å². The molecular weight excluding hydrogens is 405 g/mol. The van der Waals surface area contributed by atoms with Gasteiger partial charge in [0, 0.05) is 11.3 Å². The van der Waals surface area contributed by atoms with Gasteiger partial charge in [0.25, 0.3) is 5.91 Å². The van der Waals surface area contributed by atoms with Crippen LogP contribution in [0.2, 0.25) is 0 Å². The van der Waals surface area contributed by atoms with E-state index in [1.54, 1.807) is 28.8 Å². The molecule has 0 radical (unpaired) electrons. The molecule has 0 spiro atoms. The van der Waals surface area contributed by atoms with Crippen molar-refractivity contribution in [2.45, 2.75) is 6.17 Å². The van der Waals surface area contributed by atoms with Crippen LogP contribution in [-0.4, -0.2) is 42.5 Å². The standard InChI is InChI=1S/C21H20FN5O4/c1-29-14-8-11(9-15(30-2)18(14)31-3)20-25-16(19(23)28)17-21(26-20)27(10-24-17)13-6-4-12(22)5-7-13/h4-10,20,26H,1-3H3,(H2,23,28). The zero-order chi connectivity index (χ0) is 22.1. The number of methoxy groups -OCH3 is 3. The monoisotopic (exact) mass is 425 g/mol. The third-order valence-corrected chi connectivity index (χ3v) is 4.86. The highest BCUT2D eigenvalue weighted by Gasteiger charge is 2.30. The average molecular weight is 425 g/mol. The predicted octanol–water partition coefficient (Wildman–Crippen LogP) is 2.44. The molecule has 0 bridgehead atoms. The first-order chi connectivity index (χ1) is 15.0. The number of halogens is 1. The molecule has 1 aliphatic heterocycles. The van der Waals surface area contributed by atoms with Crippen LogP contribution in [0.3, 0.4) is 0 Å². The van der Waals surface area contributed by atoms with Crippen molar-refractivity contribution in [1.82, 2.24) is 9.55 Å². The molecule has 31 heavy (non-hydrogen) atoms. The van der Waals surface area contributed by atoms with Crippen molar-refractivity contribution in [2.24, 2.45) is 10.7 Å². The highest BCUT2D eigenvalue weighted by molar-refractivity contribution is 6.45. The molecule has 1 aliphatic rings. The summed E-state index contributed by atoms with van der Waals surface area (Å²) in [5, 5.41) is 3.26. The van der Waals surface area contributed by atoms with Crippen LogP contribution in [0.25, 0.3) is 5.69 Å². The van der Waals surface area contributed by atoms with Crippen LogP contribution in [0, 0.1) is 5.82 Å². The van der Waals surface area contributed by atoms with E-state index in [2.05, 4.69) is 15.3 Å². The summed E-state index contributed by atoms with van der Waals surface area (Å²) in [5.74, 6) is 0.722. The maximum Gasteiger partial charge on any atom is 0.269 e.